The van der Waals surface area contributed by atoms with Gasteiger partial charge in [-0.15, -0.1) is 5.10 Å². The molecule has 3 aromatic heterocycles. The van der Waals surface area contributed by atoms with Gasteiger partial charge in [-0.05, 0) is 135 Å². The molecule has 11 rings (SSSR count). The molecule has 1 fully saturated rings. The molecule has 0 spiro atoms. The molecule has 15 heteroatoms. The monoisotopic (exact) mass is 1240 g/mol. The molecule has 1 amide bonds. The van der Waals surface area contributed by atoms with Gasteiger partial charge in [0.15, 0.2) is 5.65 Å². The SMILES string of the molecule is CC(C)(C)OC(=O)N(C/C=C(\I)c1cc(NC(c2ccccc2)(c2ccccc2)c2ccccc2)nc2c1nnn2C(c1ccccc1)(c1ccccc1)c1ccccc1)CCCOc1cccc(Cn2cc(B3OC(C)(C)C(C)(C)O3)cn2)c1. The highest BCUT2D eigenvalue weighted by molar-refractivity contribution is 14.1. The minimum atomic E-state index is -1.04. The molecule has 1 saturated heterocycles. The van der Waals surface area contributed by atoms with Crippen LogP contribution in [0.4, 0.5) is 10.6 Å². The largest absolute Gasteiger partial charge is 0.498 e. The predicted molar refractivity (Wildman–Crippen MR) is 346 cm³/mol. The van der Waals surface area contributed by atoms with E-state index in [1.54, 1.807) is 11.1 Å². The van der Waals surface area contributed by atoms with Crippen LogP contribution in [0.2, 0.25) is 0 Å². The van der Waals surface area contributed by atoms with Crippen molar-refractivity contribution in [3.63, 3.8) is 0 Å². The fourth-order valence-electron chi connectivity index (χ4n) is 11.1. The zero-order valence-electron chi connectivity index (χ0n) is 49.1. The lowest BCUT2D eigenvalue weighted by atomic mass is 9.77. The first-order chi connectivity index (χ1) is 41.0. The lowest BCUT2D eigenvalue weighted by Gasteiger charge is -2.38. The second-order valence-electron chi connectivity index (χ2n) is 23.4. The third-order valence-electron chi connectivity index (χ3n) is 15.9. The Labute approximate surface area is 512 Å². The molecule has 85 heavy (non-hydrogen) atoms. The second-order valence-corrected chi connectivity index (χ2v) is 24.6. The number of nitrogens with zero attached hydrogens (tertiary/aromatic N) is 7. The maximum atomic E-state index is 14.2. The molecule has 4 heterocycles. The van der Waals surface area contributed by atoms with Crippen molar-refractivity contribution in [3.8, 4) is 5.75 Å². The number of hydrogen-bond donors (Lipinski definition) is 1. The van der Waals surface area contributed by atoms with E-state index in [0.29, 0.717) is 43.1 Å². The van der Waals surface area contributed by atoms with Crippen LogP contribution in [0.3, 0.4) is 0 Å². The summed E-state index contributed by atoms with van der Waals surface area (Å²) in [6.07, 6.45) is 5.93. The fourth-order valence-corrected chi connectivity index (χ4v) is 11.7. The molecule has 1 aliphatic heterocycles. The van der Waals surface area contributed by atoms with Crippen molar-refractivity contribution < 1.29 is 23.6 Å². The number of hydrogen-bond acceptors (Lipinski definition) is 10. The molecule has 0 radical (unpaired) electrons. The Kier molecular flexibility index (Phi) is 17.0. The van der Waals surface area contributed by atoms with Crippen molar-refractivity contribution in [3.05, 3.63) is 275 Å². The predicted octanol–water partition coefficient (Wildman–Crippen LogP) is 14.1. The van der Waals surface area contributed by atoms with Gasteiger partial charge in [-0.25, -0.2) is 14.5 Å². The number of nitrogens with one attached hydrogen (secondary N) is 1. The standard InChI is InChI=1S/C70H70BIN8O5/c1-66(2,3)83-65(81)78(43-27-45-82-59-41-26-28-51(46-59)49-79-50-58(48-73-79)71-84-67(4,5)68(6,7)85-71)44-42-61(72)60-47-62(75-69(52-29-14-8-15-30-52,53-31-16-9-17-32-53)54-33-18-10-19-34-54)74-64-63(60)76-77-80(64)70(55-35-20-11-21-36-55,56-37-22-12-23-38-56)57-39-24-13-25-40-57/h8-26,28-42,46-48,50H,27,43-45,49H2,1-7H3,(H,74,75)/b61-42-. The zero-order chi connectivity index (χ0) is 59.2. The number of benzene rings is 7. The normalized spacial score (nSPS) is 14.3. The molecule has 430 valence electrons. The van der Waals surface area contributed by atoms with Gasteiger partial charge >= 0.3 is 13.2 Å². The minimum Gasteiger partial charge on any atom is -0.494 e. The van der Waals surface area contributed by atoms with Gasteiger partial charge in [-0.3, -0.25) is 4.68 Å². The van der Waals surface area contributed by atoms with Crippen LogP contribution in [0.5, 0.6) is 5.75 Å². The summed E-state index contributed by atoms with van der Waals surface area (Å²) >= 11 is 2.38. The second kappa shape index (κ2) is 24.7. The number of rotatable bonds is 20. The number of halogens is 1. The van der Waals surface area contributed by atoms with Crippen LogP contribution in [0.15, 0.2) is 231 Å². The third-order valence-corrected chi connectivity index (χ3v) is 16.9. The van der Waals surface area contributed by atoms with Gasteiger partial charge in [-0.2, -0.15) is 5.10 Å². The van der Waals surface area contributed by atoms with Crippen LogP contribution in [0.1, 0.15) is 99.4 Å². The number of carbonyl (C=O) groups excluding carboxylic acids is 1. The van der Waals surface area contributed by atoms with Crippen LogP contribution < -0.4 is 15.5 Å². The average Bonchev–Trinajstić information content (AvgIpc) is 4.30. The minimum absolute atomic E-state index is 0.227. The first kappa shape index (κ1) is 58.4. The maximum absolute atomic E-state index is 14.2. The lowest BCUT2D eigenvalue weighted by Crippen LogP contribution is -2.41. The number of fused-ring (bicyclic) bond motifs is 1. The molecule has 7 aromatic carbocycles. The summed E-state index contributed by atoms with van der Waals surface area (Å²) in [6.45, 7) is 15.3. The Bertz CT molecular complexity index is 3690. The Balaban J connectivity index is 0.955. The van der Waals surface area contributed by atoms with Gasteiger partial charge in [0, 0.05) is 40.1 Å². The van der Waals surface area contributed by atoms with E-state index in [2.05, 4.69) is 197 Å². The van der Waals surface area contributed by atoms with Crippen molar-refractivity contribution in [1.29, 1.82) is 0 Å². The fraction of sp³-hybridized carbons (Fsp3) is 0.243. The third kappa shape index (κ3) is 12.3. The number of carbonyl (C=O) groups is 1. The van der Waals surface area contributed by atoms with Crippen molar-refractivity contribution in [2.75, 3.05) is 25.0 Å². The highest BCUT2D eigenvalue weighted by Gasteiger charge is 2.52. The summed E-state index contributed by atoms with van der Waals surface area (Å²) in [6, 6.07) is 72.8. The van der Waals surface area contributed by atoms with Gasteiger partial charge in [0.2, 0.25) is 0 Å². The molecule has 0 aliphatic carbocycles. The first-order valence-corrected chi connectivity index (χ1v) is 29.9. The molecule has 10 aromatic rings. The van der Waals surface area contributed by atoms with Crippen molar-refractivity contribution >= 4 is 61.8 Å². The maximum Gasteiger partial charge on any atom is 0.498 e. The van der Waals surface area contributed by atoms with Crippen molar-refractivity contribution in [2.24, 2.45) is 0 Å². The number of ether oxygens (including phenoxy) is 2. The van der Waals surface area contributed by atoms with Crippen molar-refractivity contribution in [1.82, 2.24) is 34.7 Å². The van der Waals surface area contributed by atoms with E-state index in [0.717, 1.165) is 59.3 Å². The smallest absolute Gasteiger partial charge is 0.494 e. The van der Waals surface area contributed by atoms with Gasteiger partial charge in [-0.1, -0.05) is 205 Å². The molecule has 0 saturated carbocycles. The number of pyridine rings is 1. The van der Waals surface area contributed by atoms with E-state index in [4.69, 9.17) is 34.1 Å². The molecular formula is C70H70BIN8O5. The van der Waals surface area contributed by atoms with E-state index < -0.39 is 41.1 Å². The molecule has 0 atom stereocenters. The van der Waals surface area contributed by atoms with E-state index in [9.17, 15) is 4.79 Å². The van der Waals surface area contributed by atoms with Crippen LogP contribution in [0.25, 0.3) is 14.7 Å². The quantitative estimate of drug-likeness (QED) is 0.0341. The summed E-state index contributed by atoms with van der Waals surface area (Å²) in [7, 11) is -0.491. The Hall–Kier alpha value is -8.38. The van der Waals surface area contributed by atoms with E-state index in [1.807, 2.05) is 119 Å². The summed E-state index contributed by atoms with van der Waals surface area (Å²) in [5, 5.41) is 19.0. The van der Waals surface area contributed by atoms with Gasteiger partial charge in [0.1, 0.15) is 33.8 Å². The van der Waals surface area contributed by atoms with Gasteiger partial charge in [0.25, 0.3) is 0 Å². The van der Waals surface area contributed by atoms with Crippen molar-refractivity contribution in [2.45, 2.75) is 89.3 Å². The highest BCUT2D eigenvalue weighted by atomic mass is 127. The molecule has 0 unspecified atom stereocenters. The van der Waals surface area contributed by atoms with Gasteiger partial charge < -0.3 is 29.0 Å². The van der Waals surface area contributed by atoms with E-state index in [-0.39, 0.29) is 6.54 Å². The highest BCUT2D eigenvalue weighted by Crippen LogP contribution is 2.45. The lowest BCUT2D eigenvalue weighted by molar-refractivity contribution is 0.00578. The van der Waals surface area contributed by atoms with Crippen LogP contribution in [-0.4, -0.2) is 84.4 Å². The van der Waals surface area contributed by atoms with Crippen LogP contribution >= 0.6 is 22.6 Å². The van der Waals surface area contributed by atoms with Gasteiger partial charge in [0.05, 0.1) is 24.4 Å². The van der Waals surface area contributed by atoms with Crippen LogP contribution in [0, 0.1) is 0 Å². The summed E-state index contributed by atoms with van der Waals surface area (Å²) < 4.78 is 29.7. The summed E-state index contributed by atoms with van der Waals surface area (Å²) in [4.78, 5) is 21.6. The molecule has 1 N–H and O–H groups in total. The molecular weight excluding hydrogens is 1170 g/mol. The Morgan fingerprint density at radius 2 is 1.19 bits per heavy atom. The topological polar surface area (TPSA) is 131 Å². The number of anilines is 1. The number of amides is 1. The number of aromatic nitrogens is 6. The molecule has 13 nitrogen and oxygen atoms in total. The Morgan fingerprint density at radius 1 is 0.682 bits per heavy atom. The summed E-state index contributed by atoms with van der Waals surface area (Å²) in [5.74, 6) is 1.30. The van der Waals surface area contributed by atoms with Crippen LogP contribution in [-0.2, 0) is 31.7 Å². The zero-order valence-corrected chi connectivity index (χ0v) is 51.3. The van der Waals surface area contributed by atoms with E-state index >= 15 is 0 Å². The molecule has 1 aliphatic rings. The first-order valence-electron chi connectivity index (χ1n) is 28.9. The summed E-state index contributed by atoms with van der Waals surface area (Å²) in [5.41, 5.74) is 6.20. The van der Waals surface area contributed by atoms with E-state index in [1.165, 1.54) is 0 Å². The molecule has 0 bridgehead atoms. The average molecular weight is 1240 g/mol. The Morgan fingerprint density at radius 3 is 1.69 bits per heavy atom.